The van der Waals surface area contributed by atoms with Crippen molar-refractivity contribution in [1.82, 2.24) is 10.2 Å². The fourth-order valence-corrected chi connectivity index (χ4v) is 5.18. The van der Waals surface area contributed by atoms with Gasteiger partial charge in [-0.2, -0.15) is 11.8 Å². The Labute approximate surface area is 137 Å². The summed E-state index contributed by atoms with van der Waals surface area (Å²) in [4.78, 5) is 26.7. The summed E-state index contributed by atoms with van der Waals surface area (Å²) >= 11 is 1.98. The molecule has 0 aromatic rings. The van der Waals surface area contributed by atoms with Crippen LogP contribution >= 0.6 is 11.8 Å². The Hall–Kier alpha value is -0.710. The molecule has 2 saturated carbocycles. The summed E-state index contributed by atoms with van der Waals surface area (Å²) in [6, 6.07) is 0.151. The summed E-state index contributed by atoms with van der Waals surface area (Å²) in [7, 11) is 0. The van der Waals surface area contributed by atoms with Crippen LogP contribution in [0.5, 0.6) is 0 Å². The molecule has 3 rings (SSSR count). The van der Waals surface area contributed by atoms with Crippen molar-refractivity contribution >= 4 is 23.6 Å². The Kier molecular flexibility index (Phi) is 5.00. The first-order valence-electron chi connectivity index (χ1n) is 8.86. The van der Waals surface area contributed by atoms with Gasteiger partial charge in [0, 0.05) is 30.3 Å². The molecule has 0 bridgehead atoms. The number of carbonyl (C=O) groups excluding carboxylic acids is 2. The van der Waals surface area contributed by atoms with E-state index in [1.165, 1.54) is 12.8 Å². The molecular weight excluding hydrogens is 296 g/mol. The molecule has 1 saturated heterocycles. The van der Waals surface area contributed by atoms with Crippen LogP contribution in [0, 0.1) is 5.92 Å². The monoisotopic (exact) mass is 324 g/mol. The molecule has 5 heteroatoms. The van der Waals surface area contributed by atoms with Gasteiger partial charge in [0.05, 0.1) is 5.92 Å². The molecule has 0 unspecified atom stereocenters. The fourth-order valence-electron chi connectivity index (χ4n) is 4.01. The average molecular weight is 324 g/mol. The molecule has 2 aliphatic carbocycles. The van der Waals surface area contributed by atoms with E-state index < -0.39 is 0 Å². The van der Waals surface area contributed by atoms with Crippen molar-refractivity contribution in [2.75, 3.05) is 18.8 Å². The van der Waals surface area contributed by atoms with E-state index in [1.807, 2.05) is 16.7 Å². The van der Waals surface area contributed by atoms with Crippen LogP contribution in [0.3, 0.4) is 0 Å². The summed E-state index contributed by atoms with van der Waals surface area (Å²) < 4.78 is 0.317. The molecule has 1 N–H and O–H groups in total. The number of hydrogen-bond donors (Lipinski definition) is 1. The third kappa shape index (κ3) is 3.44. The van der Waals surface area contributed by atoms with Crippen LogP contribution in [0.1, 0.15) is 58.3 Å². The molecule has 22 heavy (non-hydrogen) atoms. The van der Waals surface area contributed by atoms with Crippen LogP contribution in [-0.4, -0.2) is 46.3 Å². The second kappa shape index (κ2) is 6.81. The van der Waals surface area contributed by atoms with Crippen molar-refractivity contribution in [2.24, 2.45) is 5.92 Å². The van der Waals surface area contributed by atoms with Gasteiger partial charge in [0.1, 0.15) is 0 Å². The van der Waals surface area contributed by atoms with Gasteiger partial charge in [-0.25, -0.2) is 0 Å². The minimum absolute atomic E-state index is 0.0122. The maximum absolute atomic E-state index is 12.7. The fraction of sp³-hybridized carbons (Fsp3) is 0.882. The Bertz CT molecular complexity index is 436. The zero-order chi connectivity index (χ0) is 15.6. The van der Waals surface area contributed by atoms with Crippen LogP contribution in [0.15, 0.2) is 0 Å². The minimum Gasteiger partial charge on any atom is -0.354 e. The molecule has 0 aromatic heterocycles. The van der Waals surface area contributed by atoms with Gasteiger partial charge in [0.2, 0.25) is 11.8 Å². The van der Waals surface area contributed by atoms with Gasteiger partial charge in [-0.1, -0.05) is 19.8 Å². The van der Waals surface area contributed by atoms with Crippen LogP contribution < -0.4 is 5.32 Å². The molecule has 3 aliphatic rings. The normalized spacial score (nSPS) is 30.4. The standard InChI is InChI=1S/C17H28N2O2S/c1-2-22-17(9-10-17)12-18-16(21)13-6-3-4-7-14(13)19-11-5-8-15(19)20/h13-14H,2-12H2,1H3,(H,18,21)/t13-,14+/m1/s1. The highest BCUT2D eigenvalue weighted by Crippen LogP contribution is 2.47. The van der Waals surface area contributed by atoms with Gasteiger partial charge in [0.25, 0.3) is 0 Å². The highest BCUT2D eigenvalue weighted by Gasteiger charge is 2.44. The van der Waals surface area contributed by atoms with Crippen molar-refractivity contribution in [3.05, 3.63) is 0 Å². The van der Waals surface area contributed by atoms with Crippen LogP contribution in [0.4, 0.5) is 0 Å². The Morgan fingerprint density at radius 3 is 2.73 bits per heavy atom. The topological polar surface area (TPSA) is 49.4 Å². The van der Waals surface area contributed by atoms with Gasteiger partial charge in [-0.05, 0) is 37.9 Å². The Morgan fingerprint density at radius 2 is 2.09 bits per heavy atom. The summed E-state index contributed by atoms with van der Waals surface area (Å²) in [5.41, 5.74) is 0. The van der Waals surface area contributed by atoms with Crippen LogP contribution in [0.25, 0.3) is 0 Å². The van der Waals surface area contributed by atoms with Crippen LogP contribution in [-0.2, 0) is 9.59 Å². The molecule has 3 fully saturated rings. The largest absolute Gasteiger partial charge is 0.354 e. The lowest BCUT2D eigenvalue weighted by atomic mass is 9.83. The van der Waals surface area contributed by atoms with Gasteiger partial charge < -0.3 is 10.2 Å². The summed E-state index contributed by atoms with van der Waals surface area (Å²) in [6.45, 7) is 3.84. The highest BCUT2D eigenvalue weighted by molar-refractivity contribution is 8.00. The third-order valence-corrected chi connectivity index (χ3v) is 6.87. The molecule has 124 valence electrons. The number of carbonyl (C=O) groups is 2. The van der Waals surface area contributed by atoms with Gasteiger partial charge in [-0.3, -0.25) is 9.59 Å². The number of thioether (sulfide) groups is 1. The molecule has 2 amide bonds. The van der Waals surface area contributed by atoms with E-state index in [0.717, 1.165) is 50.9 Å². The second-order valence-corrected chi connectivity index (χ2v) is 8.71. The summed E-state index contributed by atoms with van der Waals surface area (Å²) in [6.07, 6.45) is 8.28. The lowest BCUT2D eigenvalue weighted by Crippen LogP contribution is -2.50. The number of rotatable bonds is 6. The SMILES string of the molecule is CCSC1(CNC(=O)[C@@H]2CCCC[C@@H]2N2CCCC2=O)CC1. The van der Waals surface area contributed by atoms with Crippen molar-refractivity contribution in [3.63, 3.8) is 0 Å². The van der Waals surface area contributed by atoms with Gasteiger partial charge >= 0.3 is 0 Å². The van der Waals surface area contributed by atoms with E-state index >= 15 is 0 Å². The Morgan fingerprint density at radius 1 is 1.32 bits per heavy atom. The van der Waals surface area contributed by atoms with E-state index in [9.17, 15) is 9.59 Å². The first kappa shape index (κ1) is 16.2. The molecule has 1 aliphatic heterocycles. The van der Waals surface area contributed by atoms with Gasteiger partial charge in [-0.15, -0.1) is 0 Å². The third-order valence-electron chi connectivity index (χ3n) is 5.42. The molecule has 2 atom stereocenters. The van der Waals surface area contributed by atoms with Crippen LogP contribution in [0.2, 0.25) is 0 Å². The molecule has 0 aromatic carbocycles. The summed E-state index contributed by atoms with van der Waals surface area (Å²) in [5.74, 6) is 1.57. The Balaban J connectivity index is 1.58. The van der Waals surface area contributed by atoms with Crippen molar-refractivity contribution < 1.29 is 9.59 Å². The quantitative estimate of drug-likeness (QED) is 0.817. The number of nitrogens with one attached hydrogen (secondary N) is 1. The van der Waals surface area contributed by atoms with Crippen molar-refractivity contribution in [2.45, 2.75) is 69.1 Å². The number of amides is 2. The average Bonchev–Trinajstić information content (AvgIpc) is 3.17. The van der Waals surface area contributed by atoms with E-state index in [0.29, 0.717) is 11.2 Å². The molecule has 4 nitrogen and oxygen atoms in total. The van der Waals surface area contributed by atoms with E-state index in [2.05, 4.69) is 12.2 Å². The first-order valence-corrected chi connectivity index (χ1v) is 9.85. The smallest absolute Gasteiger partial charge is 0.225 e. The van der Waals surface area contributed by atoms with Crippen molar-refractivity contribution in [3.8, 4) is 0 Å². The van der Waals surface area contributed by atoms with Gasteiger partial charge in [0.15, 0.2) is 0 Å². The van der Waals surface area contributed by atoms with E-state index in [-0.39, 0.29) is 23.8 Å². The van der Waals surface area contributed by atoms with E-state index in [1.54, 1.807) is 0 Å². The zero-order valence-corrected chi connectivity index (χ0v) is 14.4. The number of hydrogen-bond acceptors (Lipinski definition) is 3. The second-order valence-electron chi connectivity index (χ2n) is 6.98. The molecule has 0 radical (unpaired) electrons. The lowest BCUT2D eigenvalue weighted by molar-refractivity contribution is -0.135. The van der Waals surface area contributed by atoms with E-state index in [4.69, 9.17) is 0 Å². The maximum Gasteiger partial charge on any atom is 0.225 e. The molecule has 0 spiro atoms. The number of nitrogens with zero attached hydrogens (tertiary/aromatic N) is 1. The highest BCUT2D eigenvalue weighted by atomic mass is 32.2. The summed E-state index contributed by atoms with van der Waals surface area (Å²) in [5, 5.41) is 3.21. The predicted octanol–water partition coefficient (Wildman–Crippen LogP) is 2.57. The van der Waals surface area contributed by atoms with Crippen molar-refractivity contribution in [1.29, 1.82) is 0 Å². The zero-order valence-electron chi connectivity index (χ0n) is 13.6. The maximum atomic E-state index is 12.7. The predicted molar refractivity (Wildman–Crippen MR) is 89.8 cm³/mol. The first-order chi connectivity index (χ1) is 10.7. The minimum atomic E-state index is 0.0122. The number of likely N-dealkylation sites (tertiary alicyclic amines) is 1. The lowest BCUT2D eigenvalue weighted by Gasteiger charge is -2.37. The molecular formula is C17H28N2O2S. The molecule has 1 heterocycles.